The standard InChI is InChI=1S/C22H20N2O/c1-16-11-12-19(15-17(16)2)24(14-6-13-23)22(25)21-10-5-8-18-7-3-4-9-20(18)21/h3-5,7-12,15H,6,14H2,1-2H3. The molecule has 3 aromatic rings. The molecule has 0 N–H and O–H groups in total. The Morgan fingerprint density at radius 3 is 2.52 bits per heavy atom. The van der Waals surface area contributed by atoms with Gasteiger partial charge >= 0.3 is 0 Å². The Kier molecular flexibility index (Phi) is 4.81. The van der Waals surface area contributed by atoms with E-state index < -0.39 is 0 Å². The third-order valence-corrected chi connectivity index (χ3v) is 4.51. The molecule has 0 atom stereocenters. The number of fused-ring (bicyclic) bond motifs is 1. The fourth-order valence-corrected chi connectivity index (χ4v) is 2.96. The number of aryl methyl sites for hydroxylation is 2. The quantitative estimate of drug-likeness (QED) is 0.675. The molecule has 3 nitrogen and oxygen atoms in total. The minimum atomic E-state index is -0.0738. The van der Waals surface area contributed by atoms with Gasteiger partial charge < -0.3 is 4.90 Å². The van der Waals surface area contributed by atoms with Gasteiger partial charge in [-0.15, -0.1) is 0 Å². The van der Waals surface area contributed by atoms with Gasteiger partial charge in [-0.1, -0.05) is 42.5 Å². The third-order valence-electron chi connectivity index (χ3n) is 4.51. The second kappa shape index (κ2) is 7.19. The normalized spacial score (nSPS) is 10.4. The molecule has 0 bridgehead atoms. The van der Waals surface area contributed by atoms with Crippen LogP contribution in [0.4, 0.5) is 5.69 Å². The molecule has 0 spiro atoms. The van der Waals surface area contributed by atoms with Crippen LogP contribution in [0.15, 0.2) is 60.7 Å². The van der Waals surface area contributed by atoms with Gasteiger partial charge in [0.05, 0.1) is 12.5 Å². The fourth-order valence-electron chi connectivity index (χ4n) is 2.96. The molecule has 0 aliphatic heterocycles. The van der Waals surface area contributed by atoms with Crippen molar-refractivity contribution in [2.24, 2.45) is 0 Å². The molecule has 0 aromatic heterocycles. The smallest absolute Gasteiger partial charge is 0.258 e. The van der Waals surface area contributed by atoms with E-state index in [9.17, 15) is 4.79 Å². The Morgan fingerprint density at radius 2 is 1.76 bits per heavy atom. The Bertz CT molecular complexity index is 964. The van der Waals surface area contributed by atoms with Gasteiger partial charge in [0.15, 0.2) is 0 Å². The van der Waals surface area contributed by atoms with Gasteiger partial charge in [0.1, 0.15) is 0 Å². The highest BCUT2D eigenvalue weighted by atomic mass is 16.2. The van der Waals surface area contributed by atoms with Crippen molar-refractivity contribution in [3.05, 3.63) is 77.4 Å². The van der Waals surface area contributed by atoms with Crippen LogP contribution < -0.4 is 4.90 Å². The van der Waals surface area contributed by atoms with Crippen molar-refractivity contribution in [1.29, 1.82) is 5.26 Å². The Morgan fingerprint density at radius 1 is 1.00 bits per heavy atom. The topological polar surface area (TPSA) is 44.1 Å². The van der Waals surface area contributed by atoms with Gasteiger partial charge in [-0.05, 0) is 53.9 Å². The van der Waals surface area contributed by atoms with Crippen LogP contribution in [0.2, 0.25) is 0 Å². The number of nitriles is 1. The van der Waals surface area contributed by atoms with Crippen molar-refractivity contribution in [3.8, 4) is 6.07 Å². The SMILES string of the molecule is Cc1ccc(N(CCC#N)C(=O)c2cccc3ccccc23)cc1C. The van der Waals surface area contributed by atoms with Gasteiger partial charge in [0, 0.05) is 17.8 Å². The van der Waals surface area contributed by atoms with Crippen LogP contribution in [0.3, 0.4) is 0 Å². The van der Waals surface area contributed by atoms with Crippen molar-refractivity contribution in [1.82, 2.24) is 0 Å². The molecule has 0 heterocycles. The van der Waals surface area contributed by atoms with Gasteiger partial charge in [-0.3, -0.25) is 4.79 Å². The van der Waals surface area contributed by atoms with E-state index in [1.165, 1.54) is 5.56 Å². The molecule has 1 amide bonds. The lowest BCUT2D eigenvalue weighted by Crippen LogP contribution is -2.32. The second-order valence-electron chi connectivity index (χ2n) is 6.16. The zero-order valence-corrected chi connectivity index (χ0v) is 14.5. The van der Waals surface area contributed by atoms with E-state index in [0.717, 1.165) is 22.0 Å². The first kappa shape index (κ1) is 16.7. The molecule has 0 saturated heterocycles. The zero-order valence-electron chi connectivity index (χ0n) is 14.5. The molecule has 0 saturated carbocycles. The number of anilines is 1. The largest absolute Gasteiger partial charge is 0.307 e. The molecule has 0 aliphatic carbocycles. The first-order valence-corrected chi connectivity index (χ1v) is 8.35. The Labute approximate surface area is 148 Å². The number of nitrogens with zero attached hydrogens (tertiary/aromatic N) is 2. The highest BCUT2D eigenvalue weighted by molar-refractivity contribution is 6.14. The van der Waals surface area contributed by atoms with Crippen LogP contribution >= 0.6 is 0 Å². The predicted molar refractivity (Wildman–Crippen MR) is 102 cm³/mol. The number of hydrogen-bond acceptors (Lipinski definition) is 2. The summed E-state index contributed by atoms with van der Waals surface area (Å²) in [5.74, 6) is -0.0738. The molecule has 25 heavy (non-hydrogen) atoms. The van der Waals surface area contributed by atoms with Crippen molar-refractivity contribution in [3.63, 3.8) is 0 Å². The lowest BCUT2D eigenvalue weighted by molar-refractivity contribution is 0.0989. The van der Waals surface area contributed by atoms with E-state index in [2.05, 4.69) is 6.07 Å². The first-order chi connectivity index (χ1) is 12.1. The molecule has 0 aliphatic rings. The van der Waals surface area contributed by atoms with E-state index >= 15 is 0 Å². The number of hydrogen-bond donors (Lipinski definition) is 0. The summed E-state index contributed by atoms with van der Waals surface area (Å²) in [6, 6.07) is 21.7. The molecule has 3 rings (SSSR count). The lowest BCUT2D eigenvalue weighted by atomic mass is 10.0. The average molecular weight is 328 g/mol. The number of carbonyl (C=O) groups excluding carboxylic acids is 1. The van der Waals surface area contributed by atoms with E-state index in [4.69, 9.17) is 5.26 Å². The van der Waals surface area contributed by atoms with Crippen LogP contribution in [0.1, 0.15) is 27.9 Å². The van der Waals surface area contributed by atoms with Gasteiger partial charge in [-0.25, -0.2) is 0 Å². The summed E-state index contributed by atoms with van der Waals surface area (Å²) in [6.45, 7) is 4.45. The summed E-state index contributed by atoms with van der Waals surface area (Å²) in [7, 11) is 0. The molecule has 0 radical (unpaired) electrons. The minimum Gasteiger partial charge on any atom is -0.307 e. The summed E-state index contributed by atoms with van der Waals surface area (Å²) in [6.07, 6.45) is 0.295. The Balaban J connectivity index is 2.07. The average Bonchev–Trinajstić information content (AvgIpc) is 2.64. The van der Waals surface area contributed by atoms with E-state index in [0.29, 0.717) is 18.5 Å². The predicted octanol–water partition coefficient (Wildman–Crippen LogP) is 5.02. The highest BCUT2D eigenvalue weighted by Gasteiger charge is 2.19. The van der Waals surface area contributed by atoms with Crippen LogP contribution in [0, 0.1) is 25.2 Å². The summed E-state index contributed by atoms with van der Waals surface area (Å²) in [5.41, 5.74) is 3.80. The summed E-state index contributed by atoms with van der Waals surface area (Å²) < 4.78 is 0. The summed E-state index contributed by atoms with van der Waals surface area (Å²) in [5, 5.41) is 11.0. The number of rotatable bonds is 4. The minimum absolute atomic E-state index is 0.0738. The zero-order chi connectivity index (χ0) is 17.8. The number of amides is 1. The maximum absolute atomic E-state index is 13.3. The van der Waals surface area contributed by atoms with Gasteiger partial charge in [0.2, 0.25) is 0 Å². The molecule has 124 valence electrons. The highest BCUT2D eigenvalue weighted by Crippen LogP contribution is 2.25. The molecule has 0 fully saturated rings. The maximum Gasteiger partial charge on any atom is 0.258 e. The van der Waals surface area contributed by atoms with Crippen LogP contribution in [0.25, 0.3) is 10.8 Å². The summed E-state index contributed by atoms with van der Waals surface area (Å²) >= 11 is 0. The van der Waals surface area contributed by atoms with Crippen LogP contribution in [-0.4, -0.2) is 12.5 Å². The molecular formula is C22H20N2O. The Hall–Kier alpha value is -3.12. The van der Waals surface area contributed by atoms with Gasteiger partial charge in [0.25, 0.3) is 5.91 Å². The van der Waals surface area contributed by atoms with Crippen molar-refractivity contribution < 1.29 is 4.79 Å². The molecular weight excluding hydrogens is 308 g/mol. The molecule has 3 aromatic carbocycles. The lowest BCUT2D eigenvalue weighted by Gasteiger charge is -2.23. The summed E-state index contributed by atoms with van der Waals surface area (Å²) in [4.78, 5) is 15.0. The number of benzene rings is 3. The van der Waals surface area contributed by atoms with Gasteiger partial charge in [-0.2, -0.15) is 5.26 Å². The van der Waals surface area contributed by atoms with Crippen molar-refractivity contribution in [2.45, 2.75) is 20.3 Å². The first-order valence-electron chi connectivity index (χ1n) is 8.35. The second-order valence-corrected chi connectivity index (χ2v) is 6.16. The fraction of sp³-hybridized carbons (Fsp3) is 0.182. The van der Waals surface area contributed by atoms with E-state index in [1.54, 1.807) is 4.90 Å². The van der Waals surface area contributed by atoms with Crippen LogP contribution in [0.5, 0.6) is 0 Å². The molecule has 3 heteroatoms. The third kappa shape index (κ3) is 3.39. The van der Waals surface area contributed by atoms with E-state index in [1.807, 2.05) is 74.5 Å². The molecule has 0 unspecified atom stereocenters. The van der Waals surface area contributed by atoms with E-state index in [-0.39, 0.29) is 5.91 Å². The van der Waals surface area contributed by atoms with Crippen molar-refractivity contribution in [2.75, 3.05) is 11.4 Å². The van der Waals surface area contributed by atoms with Crippen molar-refractivity contribution >= 4 is 22.4 Å². The monoisotopic (exact) mass is 328 g/mol. The van der Waals surface area contributed by atoms with Crippen LogP contribution in [-0.2, 0) is 0 Å². The number of carbonyl (C=O) groups is 1. The maximum atomic E-state index is 13.3.